The first-order valence-corrected chi connectivity index (χ1v) is 30.0. The van der Waals surface area contributed by atoms with Crippen molar-refractivity contribution in [3.8, 4) is 0 Å². The zero-order valence-corrected chi connectivity index (χ0v) is 45.6. The van der Waals surface area contributed by atoms with Crippen LogP contribution >= 0.6 is 0 Å². The van der Waals surface area contributed by atoms with E-state index in [0.29, 0.717) is 19.3 Å². The van der Waals surface area contributed by atoms with Crippen LogP contribution in [0.5, 0.6) is 0 Å². The Bertz CT molecular complexity index is 1140. The van der Waals surface area contributed by atoms with Crippen molar-refractivity contribution in [1.29, 1.82) is 0 Å². The minimum Gasteiger partial charge on any atom is -0.462 e. The van der Waals surface area contributed by atoms with E-state index in [4.69, 9.17) is 14.2 Å². The molecule has 0 rings (SSSR count). The fourth-order valence-electron chi connectivity index (χ4n) is 8.82. The summed E-state index contributed by atoms with van der Waals surface area (Å²) >= 11 is 0. The van der Waals surface area contributed by atoms with Crippen molar-refractivity contribution >= 4 is 17.9 Å². The number of carbonyl (C=O) groups is 3. The van der Waals surface area contributed by atoms with Crippen LogP contribution in [-0.2, 0) is 28.6 Å². The van der Waals surface area contributed by atoms with Gasteiger partial charge in [0.1, 0.15) is 13.2 Å². The maximum atomic E-state index is 12.8. The van der Waals surface area contributed by atoms with Crippen molar-refractivity contribution in [1.82, 2.24) is 0 Å². The van der Waals surface area contributed by atoms with Crippen LogP contribution in [-0.4, -0.2) is 37.2 Å². The molecule has 0 spiro atoms. The third-order valence-electron chi connectivity index (χ3n) is 13.4. The van der Waals surface area contributed by atoms with Gasteiger partial charge in [0.15, 0.2) is 6.10 Å². The van der Waals surface area contributed by atoms with E-state index >= 15 is 0 Å². The van der Waals surface area contributed by atoms with E-state index in [1.807, 2.05) is 0 Å². The molecule has 0 aliphatic carbocycles. The minimum atomic E-state index is -0.769. The number of esters is 3. The average Bonchev–Trinajstić information content (AvgIpc) is 3.34. The lowest BCUT2D eigenvalue weighted by Crippen LogP contribution is -2.30. The van der Waals surface area contributed by atoms with Gasteiger partial charge in [-0.05, 0) is 77.0 Å². The summed E-state index contributed by atoms with van der Waals surface area (Å²) in [6, 6.07) is 0. The smallest absolute Gasteiger partial charge is 0.306 e. The molecule has 0 aromatic heterocycles. The predicted molar refractivity (Wildman–Crippen MR) is 293 cm³/mol. The van der Waals surface area contributed by atoms with Gasteiger partial charge < -0.3 is 14.2 Å². The minimum absolute atomic E-state index is 0.0707. The van der Waals surface area contributed by atoms with Crippen LogP contribution < -0.4 is 0 Å². The molecule has 0 amide bonds. The van der Waals surface area contributed by atoms with Crippen molar-refractivity contribution in [2.24, 2.45) is 0 Å². The molecule has 0 N–H and O–H groups in total. The van der Waals surface area contributed by atoms with Crippen LogP contribution in [0.25, 0.3) is 0 Å². The zero-order chi connectivity index (χ0) is 49.3. The molecule has 1 unspecified atom stereocenters. The summed E-state index contributed by atoms with van der Waals surface area (Å²) in [5.74, 6) is -0.869. The summed E-state index contributed by atoms with van der Waals surface area (Å²) in [4.78, 5) is 37.9. The number of allylic oxidation sites excluding steroid dienone is 6. The van der Waals surface area contributed by atoms with E-state index in [1.165, 1.54) is 218 Å². The highest BCUT2D eigenvalue weighted by Gasteiger charge is 2.19. The van der Waals surface area contributed by atoms with Crippen LogP contribution in [0.15, 0.2) is 36.5 Å². The highest BCUT2D eigenvalue weighted by molar-refractivity contribution is 5.71. The first-order chi connectivity index (χ1) is 33.5. The van der Waals surface area contributed by atoms with Crippen LogP contribution in [0.1, 0.15) is 323 Å². The lowest BCUT2D eigenvalue weighted by molar-refractivity contribution is -0.167. The highest BCUT2D eigenvalue weighted by Crippen LogP contribution is 2.17. The lowest BCUT2D eigenvalue weighted by atomic mass is 10.0. The monoisotopic (exact) mass is 955 g/mol. The van der Waals surface area contributed by atoms with E-state index in [-0.39, 0.29) is 31.1 Å². The molecule has 6 heteroatoms. The van der Waals surface area contributed by atoms with E-state index in [0.717, 1.165) is 64.2 Å². The van der Waals surface area contributed by atoms with Gasteiger partial charge >= 0.3 is 17.9 Å². The molecule has 0 fully saturated rings. The Labute approximate surface area is 423 Å². The van der Waals surface area contributed by atoms with Crippen LogP contribution in [0.2, 0.25) is 0 Å². The second-order valence-corrected chi connectivity index (χ2v) is 20.3. The maximum absolute atomic E-state index is 12.8. The molecule has 6 nitrogen and oxygen atoms in total. The van der Waals surface area contributed by atoms with Crippen molar-refractivity contribution in [2.75, 3.05) is 13.2 Å². The number of unbranched alkanes of at least 4 members (excludes halogenated alkanes) is 38. The quantitative estimate of drug-likeness (QED) is 0.0262. The van der Waals surface area contributed by atoms with Gasteiger partial charge in [0.05, 0.1) is 0 Å². The topological polar surface area (TPSA) is 78.9 Å². The third-order valence-corrected chi connectivity index (χ3v) is 13.4. The summed E-state index contributed by atoms with van der Waals surface area (Å²) in [6.45, 7) is 6.60. The normalized spacial score (nSPS) is 12.2. The molecule has 68 heavy (non-hydrogen) atoms. The van der Waals surface area contributed by atoms with Crippen molar-refractivity contribution in [2.45, 2.75) is 329 Å². The molecule has 0 heterocycles. The third kappa shape index (κ3) is 54.6. The van der Waals surface area contributed by atoms with Gasteiger partial charge in [-0.25, -0.2) is 0 Å². The molecule has 0 saturated carbocycles. The van der Waals surface area contributed by atoms with Crippen molar-refractivity contribution in [3.63, 3.8) is 0 Å². The van der Waals surface area contributed by atoms with Gasteiger partial charge in [-0.15, -0.1) is 0 Å². The summed E-state index contributed by atoms with van der Waals surface area (Å²) in [5.41, 5.74) is 0. The largest absolute Gasteiger partial charge is 0.462 e. The summed E-state index contributed by atoms with van der Waals surface area (Å²) < 4.78 is 16.8. The average molecular weight is 956 g/mol. The van der Waals surface area contributed by atoms with Gasteiger partial charge in [0.2, 0.25) is 0 Å². The molecule has 0 radical (unpaired) electrons. The number of hydrogen-bond acceptors (Lipinski definition) is 6. The molecule has 0 bridgehead atoms. The highest BCUT2D eigenvalue weighted by atomic mass is 16.6. The van der Waals surface area contributed by atoms with E-state index in [9.17, 15) is 14.4 Å². The fraction of sp³-hybridized carbons (Fsp3) is 0.855. The molecular weight excluding hydrogens is 841 g/mol. The first kappa shape index (κ1) is 65.6. The SMILES string of the molecule is CCCCCCC/C=C\C/C=C\CCCCCCCCCCCCCCCCCC(=O)OCC(COC(=O)CCCCCCCC)OC(=O)CCCCCCCCC/C=C\CCCCCCCC. The molecule has 0 aromatic carbocycles. The molecule has 398 valence electrons. The van der Waals surface area contributed by atoms with Gasteiger partial charge in [-0.2, -0.15) is 0 Å². The Morgan fingerprint density at radius 1 is 0.294 bits per heavy atom. The molecule has 0 aliphatic rings. The van der Waals surface area contributed by atoms with E-state index < -0.39 is 6.10 Å². The lowest BCUT2D eigenvalue weighted by Gasteiger charge is -2.18. The van der Waals surface area contributed by atoms with Crippen LogP contribution in [0.3, 0.4) is 0 Å². The first-order valence-electron chi connectivity index (χ1n) is 30.0. The Hall–Kier alpha value is -2.37. The number of ether oxygens (including phenoxy) is 3. The van der Waals surface area contributed by atoms with Gasteiger partial charge in [0, 0.05) is 19.3 Å². The molecule has 1 atom stereocenters. The second-order valence-electron chi connectivity index (χ2n) is 20.3. The molecule has 0 aromatic rings. The van der Waals surface area contributed by atoms with Gasteiger partial charge in [0.25, 0.3) is 0 Å². The molecular formula is C62H114O6. The standard InChI is InChI=1S/C62H114O6/c1-4-7-10-13-16-18-20-22-24-26-27-28-29-30-31-32-33-34-35-37-38-40-42-44-46-49-52-55-61(64)67-58-59(57-66-60(63)54-51-48-15-12-9-6-3)68-62(65)56-53-50-47-45-43-41-39-36-25-23-21-19-17-14-11-8-5-2/h20,22-23,25-27,59H,4-19,21,24,28-58H2,1-3H3/b22-20-,25-23-,27-26-. The fourth-order valence-corrected chi connectivity index (χ4v) is 8.82. The predicted octanol–water partition coefficient (Wildman–Crippen LogP) is 20.0. The summed E-state index contributed by atoms with van der Waals surface area (Å²) in [5, 5.41) is 0. The Morgan fingerprint density at radius 2 is 0.529 bits per heavy atom. The van der Waals surface area contributed by atoms with Gasteiger partial charge in [-0.1, -0.05) is 263 Å². The second kappa shape index (κ2) is 57.2. The number of rotatable bonds is 55. The zero-order valence-electron chi connectivity index (χ0n) is 45.6. The number of carbonyl (C=O) groups excluding carboxylic acids is 3. The summed E-state index contributed by atoms with van der Waals surface area (Å²) in [7, 11) is 0. The van der Waals surface area contributed by atoms with Crippen LogP contribution in [0, 0.1) is 0 Å². The Balaban J connectivity index is 4.05. The van der Waals surface area contributed by atoms with Crippen LogP contribution in [0.4, 0.5) is 0 Å². The summed E-state index contributed by atoms with van der Waals surface area (Å²) in [6.07, 6.45) is 68.9. The van der Waals surface area contributed by atoms with E-state index in [2.05, 4.69) is 57.2 Å². The Kier molecular flexibility index (Phi) is 55.2. The van der Waals surface area contributed by atoms with Gasteiger partial charge in [-0.3, -0.25) is 14.4 Å². The number of hydrogen-bond donors (Lipinski definition) is 0. The van der Waals surface area contributed by atoms with Crippen molar-refractivity contribution < 1.29 is 28.6 Å². The molecule has 0 aliphatic heterocycles. The van der Waals surface area contributed by atoms with E-state index in [1.54, 1.807) is 0 Å². The van der Waals surface area contributed by atoms with Crippen molar-refractivity contribution in [3.05, 3.63) is 36.5 Å². The molecule has 0 saturated heterocycles. The Morgan fingerprint density at radius 3 is 0.824 bits per heavy atom. The maximum Gasteiger partial charge on any atom is 0.306 e.